The van der Waals surface area contributed by atoms with Crippen LogP contribution in [0.15, 0.2) is 91.3 Å². The SMILES string of the molecule is O=C(COc1ccc(OCc2cccnc2)cc1)Nc1ccc2ccccc2c1. The molecule has 0 aliphatic carbocycles. The number of ether oxygens (including phenoxy) is 2. The van der Waals surface area contributed by atoms with Crippen molar-refractivity contribution in [1.82, 2.24) is 4.98 Å². The molecule has 1 heterocycles. The molecule has 0 radical (unpaired) electrons. The molecular weight excluding hydrogens is 364 g/mol. The summed E-state index contributed by atoms with van der Waals surface area (Å²) in [6.07, 6.45) is 3.50. The van der Waals surface area contributed by atoms with Crippen LogP contribution in [0.5, 0.6) is 11.5 Å². The van der Waals surface area contributed by atoms with E-state index in [-0.39, 0.29) is 12.5 Å². The minimum absolute atomic E-state index is 0.0668. The van der Waals surface area contributed by atoms with E-state index in [1.165, 1.54) is 0 Å². The quantitative estimate of drug-likeness (QED) is 0.496. The van der Waals surface area contributed by atoms with Gasteiger partial charge in [-0.2, -0.15) is 0 Å². The Kier molecular flexibility index (Phi) is 5.67. The Morgan fingerprint density at radius 3 is 2.34 bits per heavy atom. The number of fused-ring (bicyclic) bond motifs is 1. The molecule has 4 rings (SSSR count). The van der Waals surface area contributed by atoms with Gasteiger partial charge < -0.3 is 14.8 Å². The molecule has 0 saturated carbocycles. The Morgan fingerprint density at radius 2 is 1.59 bits per heavy atom. The zero-order valence-electron chi connectivity index (χ0n) is 15.7. The van der Waals surface area contributed by atoms with E-state index >= 15 is 0 Å². The zero-order valence-corrected chi connectivity index (χ0v) is 15.7. The highest BCUT2D eigenvalue weighted by atomic mass is 16.5. The maximum absolute atomic E-state index is 12.2. The summed E-state index contributed by atoms with van der Waals surface area (Å²) in [5.41, 5.74) is 1.75. The second-order valence-corrected chi connectivity index (χ2v) is 6.52. The number of hydrogen-bond donors (Lipinski definition) is 1. The lowest BCUT2D eigenvalue weighted by molar-refractivity contribution is -0.118. The Balaban J connectivity index is 1.27. The highest BCUT2D eigenvalue weighted by molar-refractivity contribution is 5.95. The van der Waals surface area contributed by atoms with Crippen molar-refractivity contribution in [2.24, 2.45) is 0 Å². The van der Waals surface area contributed by atoms with E-state index in [0.29, 0.717) is 12.4 Å². The number of nitrogens with zero attached hydrogens (tertiary/aromatic N) is 1. The first-order valence-electron chi connectivity index (χ1n) is 9.29. The molecule has 1 N–H and O–H groups in total. The molecule has 0 aliphatic rings. The van der Waals surface area contributed by atoms with Crippen molar-refractivity contribution in [2.45, 2.75) is 6.61 Å². The molecule has 0 bridgehead atoms. The highest BCUT2D eigenvalue weighted by Gasteiger charge is 2.05. The summed E-state index contributed by atoms with van der Waals surface area (Å²) in [6, 6.07) is 24.8. The van der Waals surface area contributed by atoms with Gasteiger partial charge in [-0.05, 0) is 53.2 Å². The van der Waals surface area contributed by atoms with Gasteiger partial charge in [0.1, 0.15) is 18.1 Å². The molecule has 0 aliphatic heterocycles. The molecule has 5 heteroatoms. The molecule has 0 unspecified atom stereocenters. The van der Waals surface area contributed by atoms with Gasteiger partial charge >= 0.3 is 0 Å². The predicted octanol–water partition coefficient (Wildman–Crippen LogP) is 4.83. The highest BCUT2D eigenvalue weighted by Crippen LogP contribution is 2.20. The minimum atomic E-state index is -0.211. The van der Waals surface area contributed by atoms with Crippen LogP contribution in [-0.4, -0.2) is 17.5 Å². The first-order valence-corrected chi connectivity index (χ1v) is 9.29. The number of aromatic nitrogens is 1. The average Bonchev–Trinajstić information content (AvgIpc) is 2.77. The average molecular weight is 384 g/mol. The molecule has 0 atom stereocenters. The maximum atomic E-state index is 12.2. The molecule has 0 fully saturated rings. The summed E-state index contributed by atoms with van der Waals surface area (Å²) in [5.74, 6) is 1.12. The van der Waals surface area contributed by atoms with Crippen LogP contribution in [0.3, 0.4) is 0 Å². The van der Waals surface area contributed by atoms with Crippen LogP contribution in [0.4, 0.5) is 5.69 Å². The lowest BCUT2D eigenvalue weighted by Gasteiger charge is -2.10. The van der Waals surface area contributed by atoms with E-state index in [9.17, 15) is 4.79 Å². The number of amides is 1. The standard InChI is InChI=1S/C24H20N2O3/c27-24(26-21-8-7-19-5-1-2-6-20(19)14-21)17-29-23-11-9-22(10-12-23)28-16-18-4-3-13-25-15-18/h1-15H,16-17H2,(H,26,27). The number of pyridine rings is 1. The van der Waals surface area contributed by atoms with Gasteiger partial charge in [0.2, 0.25) is 0 Å². The van der Waals surface area contributed by atoms with Crippen LogP contribution in [0.2, 0.25) is 0 Å². The molecule has 4 aromatic rings. The fraction of sp³-hybridized carbons (Fsp3) is 0.0833. The van der Waals surface area contributed by atoms with E-state index in [2.05, 4.69) is 10.3 Å². The summed E-state index contributed by atoms with van der Waals surface area (Å²) < 4.78 is 11.3. The van der Waals surface area contributed by atoms with E-state index in [1.807, 2.05) is 66.7 Å². The molecule has 3 aromatic carbocycles. The molecule has 29 heavy (non-hydrogen) atoms. The maximum Gasteiger partial charge on any atom is 0.262 e. The summed E-state index contributed by atoms with van der Waals surface area (Å²) in [6.45, 7) is 0.380. The van der Waals surface area contributed by atoms with Crippen LogP contribution in [-0.2, 0) is 11.4 Å². The van der Waals surface area contributed by atoms with Crippen LogP contribution in [0.25, 0.3) is 10.8 Å². The molecule has 1 amide bonds. The third kappa shape index (κ3) is 5.11. The summed E-state index contributed by atoms with van der Waals surface area (Å²) in [5, 5.41) is 5.07. The molecule has 0 spiro atoms. The fourth-order valence-corrected chi connectivity index (χ4v) is 2.90. The number of rotatable bonds is 7. The lowest BCUT2D eigenvalue weighted by Crippen LogP contribution is -2.20. The Morgan fingerprint density at radius 1 is 0.828 bits per heavy atom. The van der Waals surface area contributed by atoms with Gasteiger partial charge in [-0.25, -0.2) is 0 Å². The van der Waals surface area contributed by atoms with Gasteiger partial charge in [-0.3, -0.25) is 9.78 Å². The lowest BCUT2D eigenvalue weighted by atomic mass is 10.1. The Bertz CT molecular complexity index is 1100. The number of hydrogen-bond acceptors (Lipinski definition) is 4. The van der Waals surface area contributed by atoms with Crippen LogP contribution >= 0.6 is 0 Å². The van der Waals surface area contributed by atoms with Crippen molar-refractivity contribution in [3.05, 3.63) is 96.8 Å². The number of anilines is 1. The van der Waals surface area contributed by atoms with E-state index < -0.39 is 0 Å². The molecular formula is C24H20N2O3. The fourth-order valence-electron chi connectivity index (χ4n) is 2.90. The number of nitrogens with one attached hydrogen (secondary N) is 1. The summed E-state index contributed by atoms with van der Waals surface area (Å²) >= 11 is 0. The number of benzene rings is 3. The van der Waals surface area contributed by atoms with Gasteiger partial charge in [0, 0.05) is 23.6 Å². The van der Waals surface area contributed by atoms with E-state index in [1.54, 1.807) is 24.5 Å². The summed E-state index contributed by atoms with van der Waals surface area (Å²) in [7, 11) is 0. The van der Waals surface area contributed by atoms with Crippen molar-refractivity contribution >= 4 is 22.4 Å². The second-order valence-electron chi connectivity index (χ2n) is 6.52. The monoisotopic (exact) mass is 384 g/mol. The van der Waals surface area contributed by atoms with Crippen LogP contribution in [0, 0.1) is 0 Å². The normalized spacial score (nSPS) is 10.5. The Labute approximate surface area is 168 Å². The van der Waals surface area contributed by atoms with Gasteiger partial charge in [0.05, 0.1) is 0 Å². The minimum Gasteiger partial charge on any atom is -0.489 e. The van der Waals surface area contributed by atoms with E-state index in [0.717, 1.165) is 27.8 Å². The molecule has 0 saturated heterocycles. The van der Waals surface area contributed by atoms with Gasteiger partial charge in [0.25, 0.3) is 5.91 Å². The third-order valence-corrected chi connectivity index (χ3v) is 4.36. The largest absolute Gasteiger partial charge is 0.489 e. The second kappa shape index (κ2) is 8.89. The first-order chi connectivity index (χ1) is 14.3. The van der Waals surface area contributed by atoms with Crippen molar-refractivity contribution in [2.75, 3.05) is 11.9 Å². The number of carbonyl (C=O) groups excluding carboxylic acids is 1. The van der Waals surface area contributed by atoms with Gasteiger partial charge in [-0.1, -0.05) is 36.4 Å². The number of carbonyl (C=O) groups is 1. The predicted molar refractivity (Wildman–Crippen MR) is 113 cm³/mol. The topological polar surface area (TPSA) is 60.5 Å². The van der Waals surface area contributed by atoms with Crippen LogP contribution in [0.1, 0.15) is 5.56 Å². The van der Waals surface area contributed by atoms with Crippen molar-refractivity contribution < 1.29 is 14.3 Å². The molecule has 5 nitrogen and oxygen atoms in total. The zero-order chi connectivity index (χ0) is 19.9. The van der Waals surface area contributed by atoms with Crippen molar-refractivity contribution in [3.8, 4) is 11.5 Å². The summed E-state index contributed by atoms with van der Waals surface area (Å²) in [4.78, 5) is 16.2. The van der Waals surface area contributed by atoms with Crippen molar-refractivity contribution in [3.63, 3.8) is 0 Å². The van der Waals surface area contributed by atoms with Crippen molar-refractivity contribution in [1.29, 1.82) is 0 Å². The molecule has 1 aromatic heterocycles. The molecule has 144 valence electrons. The van der Waals surface area contributed by atoms with E-state index in [4.69, 9.17) is 9.47 Å². The third-order valence-electron chi connectivity index (χ3n) is 4.36. The van der Waals surface area contributed by atoms with Crippen LogP contribution < -0.4 is 14.8 Å². The van der Waals surface area contributed by atoms with Gasteiger partial charge in [-0.15, -0.1) is 0 Å². The first kappa shape index (κ1) is 18.5. The Hall–Kier alpha value is -3.86. The smallest absolute Gasteiger partial charge is 0.262 e. The van der Waals surface area contributed by atoms with Gasteiger partial charge in [0.15, 0.2) is 6.61 Å².